The minimum Gasteiger partial charge on any atom is -0.272 e. The summed E-state index contributed by atoms with van der Waals surface area (Å²) in [5.74, 6) is -0.278. The Hall–Kier alpha value is -1.55. The molecule has 1 aliphatic heterocycles. The number of amides is 1. The number of carbonyl (C=O) groups is 1. The number of benzene rings is 2. The molecule has 0 aliphatic carbocycles. The second-order valence-electron chi connectivity index (χ2n) is 4.59. The van der Waals surface area contributed by atoms with Gasteiger partial charge in [-0.15, -0.1) is 0 Å². The second-order valence-corrected chi connectivity index (χ2v) is 5.43. The largest absolute Gasteiger partial charge is 0.272 e. The normalized spacial score (nSPS) is 18.6. The summed E-state index contributed by atoms with van der Waals surface area (Å²) < 4.78 is 0. The highest BCUT2D eigenvalue weighted by Gasteiger charge is 2.34. The van der Waals surface area contributed by atoms with Gasteiger partial charge in [-0.2, -0.15) is 0 Å². The summed E-state index contributed by atoms with van der Waals surface area (Å²) >= 11 is 12.0. The number of rotatable bonds is 2. The van der Waals surface area contributed by atoms with Crippen molar-refractivity contribution in [2.75, 3.05) is 11.6 Å². The maximum Gasteiger partial charge on any atom is 0.250 e. The maximum absolute atomic E-state index is 12.5. The average Bonchev–Trinajstić information content (AvgIpc) is 2.82. The van der Waals surface area contributed by atoms with Gasteiger partial charge in [0.15, 0.2) is 0 Å². The summed E-state index contributed by atoms with van der Waals surface area (Å²) in [7, 11) is 0. The first kappa shape index (κ1) is 13.4. The summed E-state index contributed by atoms with van der Waals surface area (Å²) in [6.45, 7) is 0.533. The molecule has 0 spiro atoms. The molecule has 2 aromatic carbocycles. The molecule has 1 N–H and O–H groups in total. The Bertz CT molecular complexity index is 643. The van der Waals surface area contributed by atoms with Crippen LogP contribution in [0.4, 0.5) is 5.69 Å². The first-order valence-electron chi connectivity index (χ1n) is 6.24. The highest BCUT2D eigenvalue weighted by atomic mass is 35.5. The number of nitrogens with one attached hydrogen (secondary N) is 1. The van der Waals surface area contributed by atoms with E-state index in [1.807, 2.05) is 30.3 Å². The zero-order chi connectivity index (χ0) is 14.1. The SMILES string of the molecule is O=C1C(c2ccccc2Cl)CNN1c1ccc(Cl)cc1. The van der Waals surface area contributed by atoms with Gasteiger partial charge in [-0.05, 0) is 35.9 Å². The Morgan fingerprint density at radius 1 is 1.05 bits per heavy atom. The second kappa shape index (κ2) is 5.44. The molecule has 0 bridgehead atoms. The van der Waals surface area contributed by atoms with Gasteiger partial charge >= 0.3 is 0 Å². The van der Waals surface area contributed by atoms with Crippen LogP contribution in [0.2, 0.25) is 10.0 Å². The van der Waals surface area contributed by atoms with E-state index in [0.29, 0.717) is 16.6 Å². The van der Waals surface area contributed by atoms with Gasteiger partial charge in [-0.25, -0.2) is 10.4 Å². The Labute approximate surface area is 127 Å². The van der Waals surface area contributed by atoms with Gasteiger partial charge in [0.05, 0.1) is 11.6 Å². The lowest BCUT2D eigenvalue weighted by atomic mass is 9.99. The first-order valence-corrected chi connectivity index (χ1v) is 7.00. The maximum atomic E-state index is 12.5. The first-order chi connectivity index (χ1) is 9.66. The van der Waals surface area contributed by atoms with Crippen LogP contribution >= 0.6 is 23.2 Å². The summed E-state index contributed by atoms with van der Waals surface area (Å²) in [6, 6.07) is 14.6. The molecule has 3 nitrogen and oxygen atoms in total. The van der Waals surface area contributed by atoms with Gasteiger partial charge in [0.2, 0.25) is 5.91 Å². The number of hydrazine groups is 1. The molecular formula is C15H12Cl2N2O. The monoisotopic (exact) mass is 306 g/mol. The van der Waals surface area contributed by atoms with Crippen molar-refractivity contribution in [3.8, 4) is 0 Å². The Kier molecular flexibility index (Phi) is 3.66. The minimum absolute atomic E-state index is 0.0135. The number of nitrogens with zero attached hydrogens (tertiary/aromatic N) is 1. The van der Waals surface area contributed by atoms with Crippen LogP contribution in [-0.2, 0) is 4.79 Å². The van der Waals surface area contributed by atoms with E-state index in [4.69, 9.17) is 23.2 Å². The fraction of sp³-hybridized carbons (Fsp3) is 0.133. The van der Waals surface area contributed by atoms with Crippen molar-refractivity contribution in [1.82, 2.24) is 5.43 Å². The van der Waals surface area contributed by atoms with Crippen molar-refractivity contribution in [2.24, 2.45) is 0 Å². The fourth-order valence-corrected chi connectivity index (χ4v) is 2.71. The molecule has 2 aromatic rings. The molecule has 102 valence electrons. The Morgan fingerprint density at radius 3 is 2.45 bits per heavy atom. The summed E-state index contributed by atoms with van der Waals surface area (Å²) in [5, 5.41) is 2.80. The average molecular weight is 307 g/mol. The lowest BCUT2D eigenvalue weighted by Crippen LogP contribution is -2.34. The smallest absolute Gasteiger partial charge is 0.250 e. The van der Waals surface area contributed by atoms with Gasteiger partial charge in [0.1, 0.15) is 0 Å². The highest BCUT2D eigenvalue weighted by molar-refractivity contribution is 6.32. The van der Waals surface area contributed by atoms with E-state index in [1.165, 1.54) is 0 Å². The standard InChI is InChI=1S/C15H12Cl2N2O/c16-10-5-7-11(8-6-10)19-15(20)13(9-18-19)12-3-1-2-4-14(12)17/h1-8,13,18H,9H2. The van der Waals surface area contributed by atoms with E-state index >= 15 is 0 Å². The zero-order valence-electron chi connectivity index (χ0n) is 10.5. The van der Waals surface area contributed by atoms with E-state index in [9.17, 15) is 4.79 Å². The van der Waals surface area contributed by atoms with Crippen LogP contribution in [0, 0.1) is 0 Å². The molecule has 20 heavy (non-hydrogen) atoms. The molecular weight excluding hydrogens is 295 g/mol. The van der Waals surface area contributed by atoms with Crippen molar-refractivity contribution < 1.29 is 4.79 Å². The van der Waals surface area contributed by atoms with Crippen LogP contribution in [0.5, 0.6) is 0 Å². The lowest BCUT2D eigenvalue weighted by molar-refractivity contribution is -0.118. The van der Waals surface area contributed by atoms with Gasteiger partial charge < -0.3 is 0 Å². The Balaban J connectivity index is 1.88. The molecule has 1 amide bonds. The van der Waals surface area contributed by atoms with Crippen LogP contribution in [0.15, 0.2) is 48.5 Å². The van der Waals surface area contributed by atoms with Gasteiger partial charge in [-0.3, -0.25) is 4.79 Å². The number of halogens is 2. The molecule has 1 fully saturated rings. The van der Waals surface area contributed by atoms with Crippen molar-refractivity contribution in [3.63, 3.8) is 0 Å². The summed E-state index contributed by atoms with van der Waals surface area (Å²) in [4.78, 5) is 12.5. The zero-order valence-corrected chi connectivity index (χ0v) is 12.0. The predicted molar refractivity (Wildman–Crippen MR) is 81.1 cm³/mol. The predicted octanol–water partition coefficient (Wildman–Crippen LogP) is 3.63. The van der Waals surface area contributed by atoms with Crippen LogP contribution in [0.3, 0.4) is 0 Å². The molecule has 3 rings (SSSR count). The number of anilines is 1. The topological polar surface area (TPSA) is 32.3 Å². The van der Waals surface area contributed by atoms with Crippen molar-refractivity contribution in [1.29, 1.82) is 0 Å². The van der Waals surface area contributed by atoms with Crippen molar-refractivity contribution in [3.05, 3.63) is 64.1 Å². The van der Waals surface area contributed by atoms with Crippen LogP contribution in [-0.4, -0.2) is 12.5 Å². The number of carbonyl (C=O) groups excluding carboxylic acids is 1. The third kappa shape index (κ3) is 2.40. The summed E-state index contributed by atoms with van der Waals surface area (Å²) in [6.07, 6.45) is 0. The number of hydrogen-bond donors (Lipinski definition) is 1. The van der Waals surface area contributed by atoms with Crippen molar-refractivity contribution >= 4 is 34.8 Å². The molecule has 1 heterocycles. The minimum atomic E-state index is -0.264. The number of hydrogen-bond acceptors (Lipinski definition) is 2. The van der Waals surface area contributed by atoms with E-state index in [1.54, 1.807) is 23.2 Å². The van der Waals surface area contributed by atoms with E-state index in [0.717, 1.165) is 11.3 Å². The van der Waals surface area contributed by atoms with Gasteiger partial charge in [0.25, 0.3) is 0 Å². The molecule has 1 aliphatic rings. The molecule has 1 unspecified atom stereocenters. The van der Waals surface area contributed by atoms with Crippen LogP contribution in [0.25, 0.3) is 0 Å². The van der Waals surface area contributed by atoms with Crippen molar-refractivity contribution in [2.45, 2.75) is 5.92 Å². The molecule has 0 aromatic heterocycles. The lowest BCUT2D eigenvalue weighted by Gasteiger charge is -2.16. The molecule has 0 saturated carbocycles. The molecule has 5 heteroatoms. The summed E-state index contributed by atoms with van der Waals surface area (Å²) in [5.41, 5.74) is 4.72. The van der Waals surface area contributed by atoms with E-state index in [2.05, 4.69) is 5.43 Å². The van der Waals surface area contributed by atoms with Crippen LogP contribution in [0.1, 0.15) is 11.5 Å². The fourth-order valence-electron chi connectivity index (χ4n) is 2.31. The third-order valence-corrected chi connectivity index (χ3v) is 3.93. The van der Waals surface area contributed by atoms with Gasteiger partial charge in [0, 0.05) is 16.6 Å². The van der Waals surface area contributed by atoms with E-state index in [-0.39, 0.29) is 11.8 Å². The highest BCUT2D eigenvalue weighted by Crippen LogP contribution is 2.30. The third-order valence-electron chi connectivity index (χ3n) is 3.34. The molecule has 0 radical (unpaired) electrons. The molecule has 1 atom stereocenters. The van der Waals surface area contributed by atoms with Gasteiger partial charge in [-0.1, -0.05) is 41.4 Å². The Morgan fingerprint density at radius 2 is 1.75 bits per heavy atom. The van der Waals surface area contributed by atoms with E-state index < -0.39 is 0 Å². The quantitative estimate of drug-likeness (QED) is 0.919. The van der Waals surface area contributed by atoms with Crippen LogP contribution < -0.4 is 10.4 Å². The molecule has 1 saturated heterocycles.